The van der Waals surface area contributed by atoms with Gasteiger partial charge in [-0.1, -0.05) is 30.6 Å². The summed E-state index contributed by atoms with van der Waals surface area (Å²) in [7, 11) is 0. The van der Waals surface area contributed by atoms with Crippen molar-refractivity contribution in [3.63, 3.8) is 0 Å². The summed E-state index contributed by atoms with van der Waals surface area (Å²) in [6.07, 6.45) is 2.49. The summed E-state index contributed by atoms with van der Waals surface area (Å²) in [5, 5.41) is 4.75. The van der Waals surface area contributed by atoms with E-state index in [1.54, 1.807) is 12.1 Å². The van der Waals surface area contributed by atoms with Gasteiger partial charge in [0.1, 0.15) is 11.2 Å². The minimum absolute atomic E-state index is 0.117. The summed E-state index contributed by atoms with van der Waals surface area (Å²) >= 11 is 5.91. The fourth-order valence-corrected chi connectivity index (χ4v) is 4.42. The molecule has 22 heavy (non-hydrogen) atoms. The Morgan fingerprint density at radius 1 is 1.27 bits per heavy atom. The van der Waals surface area contributed by atoms with E-state index >= 15 is 0 Å². The number of ketones is 1. The summed E-state index contributed by atoms with van der Waals surface area (Å²) in [4.78, 5) is 17.2. The molecule has 1 heterocycles. The van der Waals surface area contributed by atoms with Gasteiger partial charge in [-0.25, -0.2) is 0 Å². The van der Waals surface area contributed by atoms with Gasteiger partial charge in [-0.2, -0.15) is 4.98 Å². The Labute approximate surface area is 133 Å². The van der Waals surface area contributed by atoms with Crippen molar-refractivity contribution in [1.82, 2.24) is 10.1 Å². The number of halogens is 1. The van der Waals surface area contributed by atoms with Crippen LogP contribution in [-0.4, -0.2) is 15.9 Å². The van der Waals surface area contributed by atoms with Gasteiger partial charge < -0.3 is 4.52 Å². The predicted molar refractivity (Wildman–Crippen MR) is 82.6 cm³/mol. The third-order valence-corrected chi connectivity index (χ3v) is 6.04. The zero-order valence-electron chi connectivity index (χ0n) is 12.6. The zero-order chi connectivity index (χ0) is 15.5. The van der Waals surface area contributed by atoms with Gasteiger partial charge in [0.15, 0.2) is 0 Å². The van der Waals surface area contributed by atoms with Crippen LogP contribution in [0.4, 0.5) is 0 Å². The predicted octanol–water partition coefficient (Wildman–Crippen LogP) is 4.04. The molecule has 1 aromatic carbocycles. The molecule has 0 N–H and O–H groups in total. The van der Waals surface area contributed by atoms with Crippen molar-refractivity contribution in [3.8, 4) is 11.4 Å². The van der Waals surface area contributed by atoms with Crippen molar-refractivity contribution in [2.75, 3.05) is 0 Å². The van der Waals surface area contributed by atoms with Crippen molar-refractivity contribution in [2.24, 2.45) is 11.3 Å². The van der Waals surface area contributed by atoms with Crippen molar-refractivity contribution in [1.29, 1.82) is 0 Å². The quantitative estimate of drug-likeness (QED) is 0.839. The molecule has 0 unspecified atom stereocenters. The Morgan fingerprint density at radius 2 is 2.00 bits per heavy atom. The van der Waals surface area contributed by atoms with Crippen molar-refractivity contribution >= 4 is 17.4 Å². The molecule has 0 saturated heterocycles. The molecule has 0 amide bonds. The number of aromatic nitrogens is 2. The second-order valence-corrected chi connectivity index (χ2v) is 7.36. The Morgan fingerprint density at radius 3 is 2.59 bits per heavy atom. The van der Waals surface area contributed by atoms with Crippen molar-refractivity contribution in [3.05, 3.63) is 35.2 Å². The summed E-state index contributed by atoms with van der Waals surface area (Å²) < 4.78 is 5.55. The number of fused-ring (bicyclic) bond motifs is 2. The van der Waals surface area contributed by atoms with Gasteiger partial charge in [0.2, 0.25) is 11.7 Å². The van der Waals surface area contributed by atoms with Gasteiger partial charge in [-0.15, -0.1) is 0 Å². The standard InChI is InChI=1S/C17H17ClN2O2/c1-16(2)11-7-8-17(16,13(21)9-11)15-19-14(20-22-15)10-3-5-12(18)6-4-10/h3-6,11H,7-9H2,1-2H3/t11-,17+/m1/s1. The molecule has 2 aliphatic rings. The summed E-state index contributed by atoms with van der Waals surface area (Å²) in [5.41, 5.74) is 0.122. The van der Waals surface area contributed by atoms with E-state index in [1.165, 1.54) is 0 Å². The van der Waals surface area contributed by atoms with Gasteiger partial charge in [-0.05, 0) is 48.4 Å². The monoisotopic (exact) mass is 316 g/mol. The Bertz CT molecular complexity index is 750. The summed E-state index contributed by atoms with van der Waals surface area (Å²) in [6.45, 7) is 4.31. The van der Waals surface area contributed by atoms with E-state index in [4.69, 9.17) is 16.1 Å². The molecule has 5 heteroatoms. The van der Waals surface area contributed by atoms with E-state index in [9.17, 15) is 4.79 Å². The lowest BCUT2D eigenvalue weighted by atomic mass is 9.69. The SMILES string of the molecule is CC1(C)[C@@H]2CC[C@@]1(c1nc(-c3ccc(Cl)cc3)no1)C(=O)C2. The summed E-state index contributed by atoms with van der Waals surface area (Å²) in [5.74, 6) is 1.67. The molecule has 2 aromatic rings. The molecule has 0 radical (unpaired) electrons. The average molecular weight is 317 g/mol. The molecule has 0 aliphatic heterocycles. The second-order valence-electron chi connectivity index (χ2n) is 6.92. The first-order valence-corrected chi connectivity index (χ1v) is 7.96. The maximum Gasteiger partial charge on any atom is 0.241 e. The van der Waals surface area contributed by atoms with Crippen LogP contribution in [0.15, 0.2) is 28.8 Å². The lowest BCUT2D eigenvalue weighted by Gasteiger charge is -2.32. The lowest BCUT2D eigenvalue weighted by Crippen LogP contribution is -2.40. The van der Waals surface area contributed by atoms with Gasteiger partial charge in [0.25, 0.3) is 0 Å². The Balaban J connectivity index is 1.78. The molecule has 2 bridgehead atoms. The Hall–Kier alpha value is -1.68. The number of hydrogen-bond donors (Lipinski definition) is 0. The van der Waals surface area contributed by atoms with E-state index in [0.717, 1.165) is 18.4 Å². The maximum atomic E-state index is 12.6. The highest BCUT2D eigenvalue weighted by molar-refractivity contribution is 6.30. The highest BCUT2D eigenvalue weighted by Gasteiger charge is 2.67. The lowest BCUT2D eigenvalue weighted by molar-refractivity contribution is -0.125. The molecule has 2 fully saturated rings. The highest BCUT2D eigenvalue weighted by atomic mass is 35.5. The van der Waals surface area contributed by atoms with E-state index in [0.29, 0.717) is 29.1 Å². The molecule has 2 atom stereocenters. The molecular weight excluding hydrogens is 300 g/mol. The molecular formula is C17H17ClN2O2. The number of carbonyl (C=O) groups excluding carboxylic acids is 1. The zero-order valence-corrected chi connectivity index (χ0v) is 13.4. The van der Waals surface area contributed by atoms with E-state index in [-0.39, 0.29) is 11.2 Å². The average Bonchev–Trinajstić information content (AvgIpc) is 3.10. The number of hydrogen-bond acceptors (Lipinski definition) is 4. The van der Waals surface area contributed by atoms with Gasteiger partial charge in [0.05, 0.1) is 0 Å². The van der Waals surface area contributed by atoms with Crippen LogP contribution in [0.25, 0.3) is 11.4 Å². The van der Waals surface area contributed by atoms with Crippen molar-refractivity contribution < 1.29 is 9.32 Å². The first-order chi connectivity index (χ1) is 10.4. The van der Waals surface area contributed by atoms with Crippen LogP contribution in [0.1, 0.15) is 39.0 Å². The first kappa shape index (κ1) is 13.9. The van der Waals surface area contributed by atoms with Gasteiger partial charge in [0, 0.05) is 17.0 Å². The number of nitrogens with zero attached hydrogens (tertiary/aromatic N) is 2. The molecule has 0 spiro atoms. The second kappa shape index (κ2) is 4.42. The Kier molecular flexibility index (Phi) is 2.80. The van der Waals surface area contributed by atoms with Crippen molar-refractivity contribution in [2.45, 2.75) is 38.5 Å². The number of carbonyl (C=O) groups is 1. The fraction of sp³-hybridized carbons (Fsp3) is 0.471. The smallest absolute Gasteiger partial charge is 0.241 e. The van der Waals surface area contributed by atoms with Gasteiger partial charge >= 0.3 is 0 Å². The van der Waals surface area contributed by atoms with E-state index in [1.807, 2.05) is 12.1 Å². The number of benzene rings is 1. The molecule has 4 rings (SSSR count). The fourth-order valence-electron chi connectivity index (χ4n) is 4.29. The third-order valence-electron chi connectivity index (χ3n) is 5.79. The summed E-state index contributed by atoms with van der Waals surface area (Å²) in [6, 6.07) is 7.30. The van der Waals surface area contributed by atoms with Crippen LogP contribution in [0.2, 0.25) is 5.02 Å². The topological polar surface area (TPSA) is 56.0 Å². The van der Waals surface area contributed by atoms with Crippen LogP contribution in [0.3, 0.4) is 0 Å². The minimum atomic E-state index is -0.602. The largest absolute Gasteiger partial charge is 0.338 e. The van der Waals surface area contributed by atoms with Crippen LogP contribution in [0, 0.1) is 11.3 Å². The minimum Gasteiger partial charge on any atom is -0.338 e. The molecule has 2 aliphatic carbocycles. The van der Waals surface area contributed by atoms with E-state index in [2.05, 4.69) is 24.0 Å². The van der Waals surface area contributed by atoms with Crippen LogP contribution in [-0.2, 0) is 10.2 Å². The van der Waals surface area contributed by atoms with E-state index < -0.39 is 5.41 Å². The van der Waals surface area contributed by atoms with Crippen LogP contribution < -0.4 is 0 Å². The first-order valence-electron chi connectivity index (χ1n) is 7.58. The molecule has 1 aromatic heterocycles. The number of Topliss-reactive ketones (excluding diaryl/α,β-unsaturated/α-hetero) is 1. The van der Waals surface area contributed by atoms with Crippen LogP contribution in [0.5, 0.6) is 0 Å². The van der Waals surface area contributed by atoms with Crippen LogP contribution >= 0.6 is 11.6 Å². The highest BCUT2D eigenvalue weighted by Crippen LogP contribution is 2.64. The maximum absolute atomic E-state index is 12.6. The molecule has 114 valence electrons. The third kappa shape index (κ3) is 1.62. The number of rotatable bonds is 2. The molecule has 2 saturated carbocycles. The van der Waals surface area contributed by atoms with Gasteiger partial charge in [-0.3, -0.25) is 4.79 Å². The normalized spacial score (nSPS) is 29.2. The molecule has 4 nitrogen and oxygen atoms in total.